The van der Waals surface area contributed by atoms with Crippen LogP contribution in [0, 0.1) is 0 Å². The number of rotatable bonds is 6. The van der Waals surface area contributed by atoms with Gasteiger partial charge in [0.2, 0.25) is 5.91 Å². The number of halogens is 2. The largest absolute Gasteiger partial charge is 0.465 e. The molecule has 0 aliphatic heterocycles. The summed E-state index contributed by atoms with van der Waals surface area (Å²) in [7, 11) is 1.37. The summed E-state index contributed by atoms with van der Waals surface area (Å²) in [5.74, 6) is 0.412. The van der Waals surface area contributed by atoms with Crippen LogP contribution in [0.15, 0.2) is 18.2 Å². The number of ether oxygens (including phenoxy) is 1. The third kappa shape index (κ3) is 4.99. The average Bonchev–Trinajstić information content (AvgIpc) is 3.01. The lowest BCUT2D eigenvalue weighted by Gasteiger charge is -2.11. The SMILES string of the molecule is COC(=O)c1c(NC(=O)CSCc2ccc(Cl)c(Cl)c2)sc2c1CCCC2. The first-order valence-corrected chi connectivity index (χ1v) is 11.3. The summed E-state index contributed by atoms with van der Waals surface area (Å²) in [5, 5.41) is 4.53. The van der Waals surface area contributed by atoms with Gasteiger partial charge in [0, 0.05) is 10.6 Å². The Bertz CT molecular complexity index is 867. The Labute approximate surface area is 176 Å². The Balaban J connectivity index is 1.63. The maximum absolute atomic E-state index is 12.4. The van der Waals surface area contributed by atoms with Crippen molar-refractivity contribution in [3.05, 3.63) is 49.8 Å². The Kier molecular flexibility index (Phi) is 7.09. The summed E-state index contributed by atoms with van der Waals surface area (Å²) in [5.41, 5.74) is 2.57. The number of thiophene rings is 1. The van der Waals surface area contributed by atoms with Crippen LogP contribution in [0.4, 0.5) is 5.00 Å². The molecule has 0 radical (unpaired) electrons. The number of thioether (sulfide) groups is 1. The van der Waals surface area contributed by atoms with Crippen molar-refractivity contribution in [1.82, 2.24) is 0 Å². The number of amides is 1. The number of carbonyl (C=O) groups excluding carboxylic acids is 2. The molecule has 8 heteroatoms. The van der Waals surface area contributed by atoms with Crippen LogP contribution in [-0.2, 0) is 28.1 Å². The van der Waals surface area contributed by atoms with E-state index in [1.54, 1.807) is 12.1 Å². The maximum atomic E-state index is 12.4. The highest BCUT2D eigenvalue weighted by atomic mass is 35.5. The molecule has 1 aromatic heterocycles. The molecule has 0 bridgehead atoms. The Hall–Kier alpha value is -1.21. The van der Waals surface area contributed by atoms with Gasteiger partial charge in [0.05, 0.1) is 28.5 Å². The molecule has 0 saturated heterocycles. The van der Waals surface area contributed by atoms with E-state index in [1.165, 1.54) is 35.1 Å². The molecule has 0 spiro atoms. The Morgan fingerprint density at radius 2 is 2.00 bits per heavy atom. The van der Waals surface area contributed by atoms with E-state index in [0.717, 1.165) is 36.8 Å². The van der Waals surface area contributed by atoms with Gasteiger partial charge in [0.1, 0.15) is 5.00 Å². The summed E-state index contributed by atoms with van der Waals surface area (Å²) in [6, 6.07) is 5.44. The fourth-order valence-electron chi connectivity index (χ4n) is 3.03. The smallest absolute Gasteiger partial charge is 0.341 e. The molecule has 0 saturated carbocycles. The van der Waals surface area contributed by atoms with Gasteiger partial charge in [0.15, 0.2) is 0 Å². The first kappa shape index (κ1) is 20.5. The molecule has 0 atom stereocenters. The van der Waals surface area contributed by atoms with Crippen molar-refractivity contribution < 1.29 is 14.3 Å². The van der Waals surface area contributed by atoms with Gasteiger partial charge in [-0.05, 0) is 48.9 Å². The van der Waals surface area contributed by atoms with Crippen LogP contribution < -0.4 is 5.32 Å². The molecular weight excluding hydrogens is 425 g/mol. The van der Waals surface area contributed by atoms with Gasteiger partial charge in [-0.15, -0.1) is 23.1 Å². The first-order chi connectivity index (χ1) is 13.0. The summed E-state index contributed by atoms with van der Waals surface area (Å²) in [6.45, 7) is 0. The number of nitrogens with one attached hydrogen (secondary N) is 1. The Morgan fingerprint density at radius 1 is 1.22 bits per heavy atom. The third-order valence-electron chi connectivity index (χ3n) is 4.30. The number of carbonyl (C=O) groups is 2. The highest BCUT2D eigenvalue weighted by molar-refractivity contribution is 7.99. The van der Waals surface area contributed by atoms with Gasteiger partial charge < -0.3 is 10.1 Å². The van der Waals surface area contributed by atoms with E-state index in [-0.39, 0.29) is 17.6 Å². The molecule has 144 valence electrons. The number of hydrogen-bond donors (Lipinski definition) is 1. The quantitative estimate of drug-likeness (QED) is 0.590. The zero-order valence-corrected chi connectivity index (χ0v) is 17.9. The second-order valence-corrected chi connectivity index (χ2v) is 9.10. The molecule has 4 nitrogen and oxygen atoms in total. The maximum Gasteiger partial charge on any atom is 0.341 e. The van der Waals surface area contributed by atoms with Gasteiger partial charge in [-0.1, -0.05) is 29.3 Å². The lowest BCUT2D eigenvalue weighted by Crippen LogP contribution is -2.16. The van der Waals surface area contributed by atoms with Crippen molar-refractivity contribution in [3.63, 3.8) is 0 Å². The van der Waals surface area contributed by atoms with Gasteiger partial charge in [-0.3, -0.25) is 4.79 Å². The summed E-state index contributed by atoms with van der Waals surface area (Å²) < 4.78 is 4.93. The van der Waals surface area contributed by atoms with Gasteiger partial charge >= 0.3 is 5.97 Å². The number of anilines is 1. The highest BCUT2D eigenvalue weighted by Gasteiger charge is 2.26. The molecule has 2 aromatic rings. The zero-order chi connectivity index (χ0) is 19.4. The molecule has 1 aliphatic rings. The second kappa shape index (κ2) is 9.32. The van der Waals surface area contributed by atoms with Crippen molar-refractivity contribution >= 4 is 63.2 Å². The van der Waals surface area contributed by atoms with E-state index in [2.05, 4.69) is 5.32 Å². The topological polar surface area (TPSA) is 55.4 Å². The van der Waals surface area contributed by atoms with Crippen molar-refractivity contribution in [2.75, 3.05) is 18.2 Å². The van der Waals surface area contributed by atoms with Gasteiger partial charge in [0.25, 0.3) is 0 Å². The number of esters is 1. The van der Waals surface area contributed by atoms with Crippen LogP contribution in [-0.4, -0.2) is 24.7 Å². The second-order valence-electron chi connectivity index (χ2n) is 6.20. The predicted octanol–water partition coefficient (Wildman–Crippen LogP) is 5.59. The summed E-state index contributed by atoms with van der Waals surface area (Å²) in [6.07, 6.45) is 3.98. The van der Waals surface area contributed by atoms with Crippen LogP contribution in [0.25, 0.3) is 0 Å². The van der Waals surface area contributed by atoms with E-state index in [4.69, 9.17) is 27.9 Å². The molecule has 1 aliphatic carbocycles. The van der Waals surface area contributed by atoms with Crippen LogP contribution in [0.2, 0.25) is 10.0 Å². The van der Waals surface area contributed by atoms with Crippen LogP contribution in [0.5, 0.6) is 0 Å². The van der Waals surface area contributed by atoms with E-state index < -0.39 is 0 Å². The minimum absolute atomic E-state index is 0.135. The zero-order valence-electron chi connectivity index (χ0n) is 14.8. The molecule has 1 aromatic carbocycles. The van der Waals surface area contributed by atoms with E-state index in [0.29, 0.717) is 26.4 Å². The molecule has 0 unspecified atom stereocenters. The van der Waals surface area contributed by atoms with E-state index in [1.807, 2.05) is 6.07 Å². The Morgan fingerprint density at radius 3 is 2.74 bits per heavy atom. The van der Waals surface area contributed by atoms with Crippen molar-refractivity contribution in [1.29, 1.82) is 0 Å². The lowest BCUT2D eigenvalue weighted by molar-refractivity contribution is -0.113. The fourth-order valence-corrected chi connectivity index (χ4v) is 5.41. The predicted molar refractivity (Wildman–Crippen MR) is 114 cm³/mol. The van der Waals surface area contributed by atoms with Gasteiger partial charge in [-0.2, -0.15) is 0 Å². The minimum atomic E-state index is -0.381. The molecule has 0 fully saturated rings. The number of hydrogen-bond acceptors (Lipinski definition) is 5. The molecule has 1 heterocycles. The number of benzene rings is 1. The number of aryl methyl sites for hydroxylation is 1. The monoisotopic (exact) mass is 443 g/mol. The first-order valence-electron chi connectivity index (χ1n) is 8.54. The molecule has 3 rings (SSSR count). The van der Waals surface area contributed by atoms with Crippen molar-refractivity contribution in [2.45, 2.75) is 31.4 Å². The van der Waals surface area contributed by atoms with Crippen molar-refractivity contribution in [3.8, 4) is 0 Å². The van der Waals surface area contributed by atoms with Crippen LogP contribution >= 0.6 is 46.3 Å². The standard InChI is InChI=1S/C19H19Cl2NO3S2/c1-25-19(24)17-12-4-2-3-5-15(12)27-18(17)22-16(23)10-26-9-11-6-7-13(20)14(21)8-11/h6-8H,2-5,9-10H2,1H3,(H,22,23). The molecular formula is C19H19Cl2NO3S2. The minimum Gasteiger partial charge on any atom is -0.465 e. The fraction of sp³-hybridized carbons (Fsp3) is 0.368. The summed E-state index contributed by atoms with van der Waals surface area (Å²) >= 11 is 14.9. The van der Waals surface area contributed by atoms with Crippen LogP contribution in [0.3, 0.4) is 0 Å². The highest BCUT2D eigenvalue weighted by Crippen LogP contribution is 2.38. The third-order valence-corrected chi connectivity index (χ3v) is 7.25. The van der Waals surface area contributed by atoms with Crippen LogP contribution in [0.1, 0.15) is 39.2 Å². The average molecular weight is 444 g/mol. The normalized spacial score (nSPS) is 13.1. The summed E-state index contributed by atoms with van der Waals surface area (Å²) in [4.78, 5) is 25.8. The van der Waals surface area contributed by atoms with E-state index >= 15 is 0 Å². The number of fused-ring (bicyclic) bond motifs is 1. The molecule has 27 heavy (non-hydrogen) atoms. The van der Waals surface area contributed by atoms with E-state index in [9.17, 15) is 9.59 Å². The molecule has 1 amide bonds. The number of methoxy groups -OCH3 is 1. The lowest BCUT2D eigenvalue weighted by atomic mass is 9.95. The van der Waals surface area contributed by atoms with Gasteiger partial charge in [-0.25, -0.2) is 4.79 Å². The van der Waals surface area contributed by atoms with Crippen molar-refractivity contribution in [2.24, 2.45) is 0 Å². The molecule has 1 N–H and O–H groups in total.